The first-order chi connectivity index (χ1) is 10.8. The second kappa shape index (κ2) is 6.93. The van der Waals surface area contributed by atoms with Gasteiger partial charge in [0, 0.05) is 6.26 Å². The highest BCUT2D eigenvalue weighted by Crippen LogP contribution is 2.20. The van der Waals surface area contributed by atoms with Crippen molar-refractivity contribution in [1.82, 2.24) is 5.32 Å². The van der Waals surface area contributed by atoms with Gasteiger partial charge in [0.2, 0.25) is 5.91 Å². The third-order valence-electron chi connectivity index (χ3n) is 3.07. The number of hydrogen-bond donors (Lipinski definition) is 1. The molecule has 5 nitrogen and oxygen atoms in total. The Morgan fingerprint density at radius 3 is 2.30 bits per heavy atom. The summed E-state index contributed by atoms with van der Waals surface area (Å²) >= 11 is 5.94. The monoisotopic (exact) mass is 351 g/mol. The molecule has 23 heavy (non-hydrogen) atoms. The van der Waals surface area contributed by atoms with E-state index in [-0.39, 0.29) is 21.9 Å². The first-order valence-electron chi connectivity index (χ1n) is 6.65. The van der Waals surface area contributed by atoms with E-state index < -0.39 is 21.7 Å². The smallest absolute Gasteiger partial charge is 0.259 e. The molecule has 0 aliphatic rings. The van der Waals surface area contributed by atoms with Crippen LogP contribution in [0.25, 0.3) is 0 Å². The van der Waals surface area contributed by atoms with Crippen LogP contribution in [0.3, 0.4) is 0 Å². The van der Waals surface area contributed by atoms with Crippen LogP contribution in [0.15, 0.2) is 53.4 Å². The van der Waals surface area contributed by atoms with Gasteiger partial charge in [-0.1, -0.05) is 41.9 Å². The molecule has 0 aromatic heterocycles. The van der Waals surface area contributed by atoms with Gasteiger partial charge in [-0.3, -0.25) is 14.9 Å². The summed E-state index contributed by atoms with van der Waals surface area (Å²) in [6, 6.07) is 12.7. The zero-order chi connectivity index (χ0) is 17.0. The molecule has 2 aromatic rings. The maximum Gasteiger partial charge on any atom is 0.259 e. The predicted molar refractivity (Wildman–Crippen MR) is 87.2 cm³/mol. The van der Waals surface area contributed by atoms with Gasteiger partial charge in [0.05, 0.1) is 21.9 Å². The quantitative estimate of drug-likeness (QED) is 0.916. The van der Waals surface area contributed by atoms with Gasteiger partial charge >= 0.3 is 0 Å². The van der Waals surface area contributed by atoms with Crippen LogP contribution in [-0.4, -0.2) is 26.5 Å². The van der Waals surface area contributed by atoms with E-state index >= 15 is 0 Å². The zero-order valence-electron chi connectivity index (χ0n) is 12.2. The Morgan fingerprint density at radius 1 is 1.09 bits per heavy atom. The third-order valence-corrected chi connectivity index (χ3v) is 4.50. The molecule has 0 unspecified atom stereocenters. The molecule has 1 N–H and O–H groups in total. The Hall–Kier alpha value is -2.18. The van der Waals surface area contributed by atoms with E-state index in [0.29, 0.717) is 0 Å². The number of sulfone groups is 1. The third kappa shape index (κ3) is 4.64. The predicted octanol–water partition coefficient (Wildman–Crippen LogP) is 2.24. The number of benzene rings is 2. The lowest BCUT2D eigenvalue weighted by Crippen LogP contribution is -2.31. The maximum atomic E-state index is 12.1. The van der Waals surface area contributed by atoms with Gasteiger partial charge in [0.1, 0.15) is 0 Å². The number of nitrogens with one attached hydrogen (secondary N) is 1. The molecule has 0 fully saturated rings. The minimum Gasteiger partial charge on any atom is -0.292 e. The molecular formula is C16H14ClNO4S. The largest absolute Gasteiger partial charge is 0.292 e. The average Bonchev–Trinajstić information content (AvgIpc) is 2.46. The van der Waals surface area contributed by atoms with Gasteiger partial charge in [-0.05, 0) is 23.8 Å². The first kappa shape index (κ1) is 17.2. The van der Waals surface area contributed by atoms with Crippen LogP contribution in [0.4, 0.5) is 0 Å². The summed E-state index contributed by atoms with van der Waals surface area (Å²) < 4.78 is 22.9. The topological polar surface area (TPSA) is 80.3 Å². The van der Waals surface area contributed by atoms with Crippen LogP contribution in [0.1, 0.15) is 15.9 Å². The molecule has 2 rings (SSSR count). The molecular weight excluding hydrogens is 338 g/mol. The van der Waals surface area contributed by atoms with Crippen LogP contribution in [0.2, 0.25) is 5.02 Å². The van der Waals surface area contributed by atoms with Gasteiger partial charge in [-0.25, -0.2) is 8.42 Å². The highest BCUT2D eigenvalue weighted by atomic mass is 35.5. The number of amides is 2. The molecule has 0 radical (unpaired) electrons. The van der Waals surface area contributed by atoms with Crippen molar-refractivity contribution in [3.05, 3.63) is 64.7 Å². The lowest BCUT2D eigenvalue weighted by Gasteiger charge is -2.07. The second-order valence-corrected chi connectivity index (χ2v) is 7.38. The summed E-state index contributed by atoms with van der Waals surface area (Å²) in [5.41, 5.74) is 0.816. The van der Waals surface area contributed by atoms with Crippen molar-refractivity contribution in [3.8, 4) is 0 Å². The highest BCUT2D eigenvalue weighted by molar-refractivity contribution is 7.90. The lowest BCUT2D eigenvalue weighted by molar-refractivity contribution is -0.119. The van der Waals surface area contributed by atoms with Gasteiger partial charge in [-0.15, -0.1) is 0 Å². The van der Waals surface area contributed by atoms with E-state index in [9.17, 15) is 18.0 Å². The van der Waals surface area contributed by atoms with Crippen molar-refractivity contribution in [2.75, 3.05) is 6.26 Å². The molecule has 7 heteroatoms. The average molecular weight is 352 g/mol. The summed E-state index contributed by atoms with van der Waals surface area (Å²) in [5.74, 6) is -1.14. The first-order valence-corrected chi connectivity index (χ1v) is 8.92. The van der Waals surface area contributed by atoms with E-state index in [4.69, 9.17) is 11.6 Å². The number of imide groups is 1. The number of halogens is 1. The Bertz CT molecular complexity index is 848. The summed E-state index contributed by atoms with van der Waals surface area (Å²) in [5, 5.41) is 2.20. The van der Waals surface area contributed by atoms with E-state index in [1.165, 1.54) is 18.2 Å². The molecule has 0 spiro atoms. The highest BCUT2D eigenvalue weighted by Gasteiger charge is 2.16. The van der Waals surface area contributed by atoms with Gasteiger partial charge in [-0.2, -0.15) is 0 Å². The van der Waals surface area contributed by atoms with Crippen molar-refractivity contribution >= 4 is 33.3 Å². The zero-order valence-corrected chi connectivity index (χ0v) is 13.8. The van der Waals surface area contributed by atoms with Crippen LogP contribution < -0.4 is 5.32 Å². The molecule has 0 atom stereocenters. The summed E-state index contributed by atoms with van der Waals surface area (Å²) in [6.07, 6.45) is 1.10. The SMILES string of the molecule is CS(=O)(=O)c1ccc(C(=O)NC(=O)Cc2ccccc2)c(Cl)c1. The maximum absolute atomic E-state index is 12.1. The fourth-order valence-electron chi connectivity index (χ4n) is 1.93. The van der Waals surface area contributed by atoms with Crippen LogP contribution in [0.5, 0.6) is 0 Å². The second-order valence-electron chi connectivity index (χ2n) is 4.95. The Morgan fingerprint density at radius 2 is 1.74 bits per heavy atom. The normalized spacial score (nSPS) is 11.0. The molecule has 2 aromatic carbocycles. The fraction of sp³-hybridized carbons (Fsp3) is 0.125. The van der Waals surface area contributed by atoms with Crippen molar-refractivity contribution in [1.29, 1.82) is 0 Å². The fourth-order valence-corrected chi connectivity index (χ4v) is 2.91. The van der Waals surface area contributed by atoms with E-state index in [1.807, 2.05) is 6.07 Å². The van der Waals surface area contributed by atoms with Gasteiger partial charge < -0.3 is 0 Å². The number of rotatable bonds is 4. The Kier molecular flexibility index (Phi) is 5.18. The van der Waals surface area contributed by atoms with Crippen LogP contribution >= 0.6 is 11.6 Å². The molecule has 0 heterocycles. The van der Waals surface area contributed by atoms with E-state index in [2.05, 4.69) is 5.32 Å². The minimum atomic E-state index is -3.41. The Labute approximate surface area is 139 Å². The summed E-state index contributed by atoms with van der Waals surface area (Å²) in [7, 11) is -3.41. The lowest BCUT2D eigenvalue weighted by atomic mass is 10.1. The number of carbonyl (C=O) groups excluding carboxylic acids is 2. The molecule has 0 aliphatic heterocycles. The molecule has 0 aliphatic carbocycles. The van der Waals surface area contributed by atoms with Crippen molar-refractivity contribution in [3.63, 3.8) is 0 Å². The molecule has 120 valence electrons. The van der Waals surface area contributed by atoms with Crippen molar-refractivity contribution < 1.29 is 18.0 Å². The molecule has 0 saturated carbocycles. The summed E-state index contributed by atoms with van der Waals surface area (Å²) in [6.45, 7) is 0. The van der Waals surface area contributed by atoms with Gasteiger partial charge in [0.25, 0.3) is 5.91 Å². The number of carbonyl (C=O) groups is 2. The van der Waals surface area contributed by atoms with E-state index in [1.54, 1.807) is 24.3 Å². The van der Waals surface area contributed by atoms with E-state index in [0.717, 1.165) is 11.8 Å². The van der Waals surface area contributed by atoms with Crippen LogP contribution in [0, 0.1) is 0 Å². The van der Waals surface area contributed by atoms with Crippen LogP contribution in [-0.2, 0) is 21.1 Å². The molecule has 2 amide bonds. The number of hydrogen-bond acceptors (Lipinski definition) is 4. The molecule has 0 bridgehead atoms. The van der Waals surface area contributed by atoms with Gasteiger partial charge in [0.15, 0.2) is 9.84 Å². The van der Waals surface area contributed by atoms with Crippen molar-refractivity contribution in [2.24, 2.45) is 0 Å². The van der Waals surface area contributed by atoms with Crippen molar-refractivity contribution in [2.45, 2.75) is 11.3 Å². The summed E-state index contributed by atoms with van der Waals surface area (Å²) in [4.78, 5) is 23.9. The minimum absolute atomic E-state index is 0.00895. The Balaban J connectivity index is 2.10. The standard InChI is InChI=1S/C16H14ClNO4S/c1-23(21,22)12-7-8-13(14(17)10-12)16(20)18-15(19)9-11-5-3-2-4-6-11/h2-8,10H,9H2,1H3,(H,18,19,20). The molecule has 0 saturated heterocycles.